The molecule has 0 aliphatic carbocycles. The maximum absolute atomic E-state index is 13.1. The van der Waals surface area contributed by atoms with Gasteiger partial charge in [-0.3, -0.25) is 0 Å². The third-order valence-corrected chi connectivity index (χ3v) is 1.80. The van der Waals surface area contributed by atoms with Gasteiger partial charge in [0.1, 0.15) is 11.6 Å². The van der Waals surface area contributed by atoms with Gasteiger partial charge in [0.25, 0.3) is 0 Å². The molecule has 0 radical (unpaired) electrons. The Morgan fingerprint density at radius 2 is 2.14 bits per heavy atom. The second-order valence-corrected chi connectivity index (χ2v) is 2.93. The number of primary amides is 1. The maximum atomic E-state index is 13.1. The molecule has 0 fully saturated rings. The summed E-state index contributed by atoms with van der Waals surface area (Å²) in [7, 11) is 1.44. The van der Waals surface area contributed by atoms with Gasteiger partial charge in [-0.05, 0) is 6.07 Å². The van der Waals surface area contributed by atoms with Crippen LogP contribution in [-0.4, -0.2) is 18.0 Å². The Morgan fingerprint density at radius 3 is 2.64 bits per heavy atom. The van der Waals surface area contributed by atoms with Crippen LogP contribution in [0.4, 0.5) is 13.6 Å². The number of nitrogens with two attached hydrogens (primary N) is 1. The molecule has 0 saturated heterocycles. The van der Waals surface area contributed by atoms with Crippen LogP contribution in [0.1, 0.15) is 5.56 Å². The van der Waals surface area contributed by atoms with Crippen molar-refractivity contribution in [1.29, 1.82) is 0 Å². The zero-order valence-corrected chi connectivity index (χ0v) is 7.63. The largest absolute Gasteiger partial charge is 0.351 e. The van der Waals surface area contributed by atoms with Gasteiger partial charge in [0.2, 0.25) is 0 Å². The minimum atomic E-state index is -0.682. The molecule has 0 bridgehead atoms. The van der Waals surface area contributed by atoms with E-state index in [0.29, 0.717) is 0 Å². The Morgan fingerprint density at radius 1 is 1.50 bits per heavy atom. The number of carbonyl (C=O) groups is 1. The highest BCUT2D eigenvalue weighted by Crippen LogP contribution is 2.11. The summed E-state index contributed by atoms with van der Waals surface area (Å²) in [6.45, 7) is 0.0292. The van der Waals surface area contributed by atoms with Crippen LogP contribution in [0.5, 0.6) is 0 Å². The minimum absolute atomic E-state index is 0.0292. The van der Waals surface area contributed by atoms with Crippen LogP contribution in [0.15, 0.2) is 18.2 Å². The molecule has 0 saturated carbocycles. The first kappa shape index (κ1) is 10.4. The predicted octanol–water partition coefficient (Wildman–Crippen LogP) is 1.48. The van der Waals surface area contributed by atoms with Gasteiger partial charge >= 0.3 is 6.03 Å². The van der Waals surface area contributed by atoms with Crippen molar-refractivity contribution in [2.24, 2.45) is 5.73 Å². The first-order valence-corrected chi connectivity index (χ1v) is 3.95. The highest BCUT2D eigenvalue weighted by atomic mass is 19.1. The standard InChI is InChI=1S/C9H10F2N2O/c1-13(9(12)14)5-6-2-3-7(10)4-8(6)11/h2-4H,5H2,1H3,(H2,12,14). The van der Waals surface area contributed by atoms with E-state index in [1.165, 1.54) is 13.1 Å². The molecule has 2 amide bonds. The number of carbonyl (C=O) groups excluding carboxylic acids is 1. The molecule has 14 heavy (non-hydrogen) atoms. The average molecular weight is 200 g/mol. The molecule has 0 aliphatic rings. The van der Waals surface area contributed by atoms with Gasteiger partial charge < -0.3 is 10.6 Å². The van der Waals surface area contributed by atoms with Gasteiger partial charge in [-0.1, -0.05) is 6.07 Å². The monoisotopic (exact) mass is 200 g/mol. The smallest absolute Gasteiger partial charge is 0.314 e. The van der Waals surface area contributed by atoms with Crippen molar-refractivity contribution >= 4 is 6.03 Å². The van der Waals surface area contributed by atoms with Crippen molar-refractivity contribution in [3.8, 4) is 0 Å². The van der Waals surface area contributed by atoms with E-state index in [9.17, 15) is 13.6 Å². The summed E-state index contributed by atoms with van der Waals surface area (Å²) in [5.41, 5.74) is 5.18. The van der Waals surface area contributed by atoms with Crippen LogP contribution in [0, 0.1) is 11.6 Å². The third kappa shape index (κ3) is 2.42. The number of nitrogens with zero attached hydrogens (tertiary/aromatic N) is 1. The molecule has 0 heterocycles. The van der Waals surface area contributed by atoms with Crippen molar-refractivity contribution in [1.82, 2.24) is 4.90 Å². The van der Waals surface area contributed by atoms with E-state index in [1.54, 1.807) is 0 Å². The van der Waals surface area contributed by atoms with Crippen molar-refractivity contribution in [2.75, 3.05) is 7.05 Å². The SMILES string of the molecule is CN(Cc1ccc(F)cc1F)C(N)=O. The number of amides is 2. The number of rotatable bonds is 2. The van der Waals surface area contributed by atoms with E-state index in [2.05, 4.69) is 0 Å². The Labute approximate surface area is 80.1 Å². The number of benzene rings is 1. The van der Waals surface area contributed by atoms with Crippen LogP contribution < -0.4 is 5.73 Å². The fourth-order valence-electron chi connectivity index (χ4n) is 0.983. The Hall–Kier alpha value is -1.65. The molecule has 5 heteroatoms. The molecule has 2 N–H and O–H groups in total. The van der Waals surface area contributed by atoms with Gasteiger partial charge in [0.05, 0.1) is 0 Å². The molecule has 0 aromatic heterocycles. The zero-order valence-electron chi connectivity index (χ0n) is 7.63. The lowest BCUT2D eigenvalue weighted by Gasteiger charge is -2.14. The second-order valence-electron chi connectivity index (χ2n) is 2.93. The Kier molecular flexibility index (Phi) is 3.01. The Balaban J connectivity index is 2.82. The van der Waals surface area contributed by atoms with Gasteiger partial charge in [0, 0.05) is 25.2 Å². The van der Waals surface area contributed by atoms with Gasteiger partial charge in [-0.2, -0.15) is 0 Å². The molecule has 0 spiro atoms. The van der Waals surface area contributed by atoms with Crippen molar-refractivity contribution < 1.29 is 13.6 Å². The summed E-state index contributed by atoms with van der Waals surface area (Å²) in [5, 5.41) is 0. The van der Waals surface area contributed by atoms with Crippen molar-refractivity contribution in [2.45, 2.75) is 6.54 Å². The molecule has 1 rings (SSSR count). The lowest BCUT2D eigenvalue weighted by Crippen LogP contribution is -2.31. The lowest BCUT2D eigenvalue weighted by molar-refractivity contribution is 0.216. The molecule has 76 valence electrons. The fraction of sp³-hybridized carbons (Fsp3) is 0.222. The van der Waals surface area contributed by atoms with E-state index in [0.717, 1.165) is 17.0 Å². The molecule has 1 aromatic rings. The van der Waals surface area contributed by atoms with E-state index in [-0.39, 0.29) is 12.1 Å². The quantitative estimate of drug-likeness (QED) is 0.772. The van der Waals surface area contributed by atoms with Crippen LogP contribution in [0.25, 0.3) is 0 Å². The molecular weight excluding hydrogens is 190 g/mol. The van der Waals surface area contributed by atoms with Crippen molar-refractivity contribution in [3.63, 3.8) is 0 Å². The second kappa shape index (κ2) is 4.04. The van der Waals surface area contributed by atoms with E-state index in [1.807, 2.05) is 0 Å². The van der Waals surface area contributed by atoms with E-state index >= 15 is 0 Å². The van der Waals surface area contributed by atoms with Crippen LogP contribution >= 0.6 is 0 Å². The van der Waals surface area contributed by atoms with Crippen molar-refractivity contribution in [3.05, 3.63) is 35.4 Å². The number of urea groups is 1. The van der Waals surface area contributed by atoms with Gasteiger partial charge in [-0.15, -0.1) is 0 Å². The van der Waals surface area contributed by atoms with Crippen LogP contribution in [0.3, 0.4) is 0 Å². The number of halogens is 2. The summed E-state index contributed by atoms with van der Waals surface area (Å²) in [5.74, 6) is -1.33. The topological polar surface area (TPSA) is 46.3 Å². The minimum Gasteiger partial charge on any atom is -0.351 e. The normalized spacial score (nSPS) is 9.93. The van der Waals surface area contributed by atoms with Crippen LogP contribution in [-0.2, 0) is 6.54 Å². The van der Waals surface area contributed by atoms with Crippen LogP contribution in [0.2, 0.25) is 0 Å². The van der Waals surface area contributed by atoms with Gasteiger partial charge in [-0.25, -0.2) is 13.6 Å². The third-order valence-electron chi connectivity index (χ3n) is 1.80. The molecular formula is C9H10F2N2O. The highest BCUT2D eigenvalue weighted by molar-refractivity contribution is 5.71. The first-order valence-electron chi connectivity index (χ1n) is 3.95. The van der Waals surface area contributed by atoms with E-state index < -0.39 is 17.7 Å². The maximum Gasteiger partial charge on any atom is 0.314 e. The summed E-state index contributed by atoms with van der Waals surface area (Å²) in [4.78, 5) is 11.8. The number of hydrogen-bond acceptors (Lipinski definition) is 1. The fourth-order valence-corrected chi connectivity index (χ4v) is 0.983. The summed E-state index contributed by atoms with van der Waals surface area (Å²) in [6, 6.07) is 2.52. The zero-order chi connectivity index (χ0) is 10.7. The molecule has 0 atom stereocenters. The first-order chi connectivity index (χ1) is 6.50. The Bertz CT molecular complexity index is 355. The summed E-state index contributed by atoms with van der Waals surface area (Å²) in [6.07, 6.45) is 0. The summed E-state index contributed by atoms with van der Waals surface area (Å²) >= 11 is 0. The lowest BCUT2D eigenvalue weighted by atomic mass is 10.2. The van der Waals surface area contributed by atoms with Gasteiger partial charge in [0.15, 0.2) is 0 Å². The summed E-state index contributed by atoms with van der Waals surface area (Å²) < 4.78 is 25.6. The number of hydrogen-bond donors (Lipinski definition) is 1. The highest BCUT2D eigenvalue weighted by Gasteiger charge is 2.08. The molecule has 0 aliphatic heterocycles. The van der Waals surface area contributed by atoms with E-state index in [4.69, 9.17) is 5.73 Å². The molecule has 0 unspecified atom stereocenters. The predicted molar refractivity (Wildman–Crippen MR) is 47.4 cm³/mol. The average Bonchev–Trinajstić information content (AvgIpc) is 2.09. The molecule has 1 aromatic carbocycles. The molecule has 3 nitrogen and oxygen atoms in total.